The van der Waals surface area contributed by atoms with Crippen molar-refractivity contribution >= 4 is 39.1 Å². The van der Waals surface area contributed by atoms with Crippen LogP contribution in [0.25, 0.3) is 0 Å². The van der Waals surface area contributed by atoms with Gasteiger partial charge in [0.05, 0.1) is 12.1 Å². The second kappa shape index (κ2) is 6.63. The number of carbonyl (C=O) groups excluding carboxylic acids is 1. The molecular weight excluding hydrogens is 350 g/mol. The molecule has 4 heteroatoms. The van der Waals surface area contributed by atoms with E-state index in [1.807, 2.05) is 38.1 Å². The van der Waals surface area contributed by atoms with E-state index in [2.05, 4.69) is 28.2 Å². The van der Waals surface area contributed by atoms with Crippen molar-refractivity contribution in [2.45, 2.75) is 27.2 Å². The SMILES string of the molecule is Cc1ccc(CC(=O)Nc2cc(Cl)c(C)cc2Br)cc1C. The van der Waals surface area contributed by atoms with E-state index >= 15 is 0 Å². The first-order chi connectivity index (χ1) is 9.86. The van der Waals surface area contributed by atoms with Gasteiger partial charge in [-0.2, -0.15) is 0 Å². The van der Waals surface area contributed by atoms with Gasteiger partial charge in [0.2, 0.25) is 5.91 Å². The van der Waals surface area contributed by atoms with Gasteiger partial charge in [0.25, 0.3) is 0 Å². The molecule has 110 valence electrons. The average Bonchev–Trinajstić information content (AvgIpc) is 2.40. The largest absolute Gasteiger partial charge is 0.325 e. The van der Waals surface area contributed by atoms with Crippen molar-refractivity contribution in [2.75, 3.05) is 5.32 Å². The molecule has 21 heavy (non-hydrogen) atoms. The van der Waals surface area contributed by atoms with Crippen LogP contribution in [0.3, 0.4) is 0 Å². The van der Waals surface area contributed by atoms with Gasteiger partial charge in [0, 0.05) is 9.50 Å². The third kappa shape index (κ3) is 4.08. The zero-order valence-electron chi connectivity index (χ0n) is 12.3. The Labute approximate surface area is 138 Å². The van der Waals surface area contributed by atoms with E-state index in [0.717, 1.165) is 15.6 Å². The normalized spacial score (nSPS) is 10.5. The number of hydrogen-bond acceptors (Lipinski definition) is 1. The number of aryl methyl sites for hydroxylation is 3. The van der Waals surface area contributed by atoms with Gasteiger partial charge in [-0.25, -0.2) is 0 Å². The summed E-state index contributed by atoms with van der Waals surface area (Å²) in [6.07, 6.45) is 0.346. The minimum absolute atomic E-state index is 0.0566. The van der Waals surface area contributed by atoms with E-state index in [9.17, 15) is 4.79 Å². The van der Waals surface area contributed by atoms with Gasteiger partial charge in [-0.3, -0.25) is 4.79 Å². The number of halogens is 2. The molecule has 1 N–H and O–H groups in total. The fourth-order valence-electron chi connectivity index (χ4n) is 2.04. The Kier molecular flexibility index (Phi) is 5.07. The number of carbonyl (C=O) groups is 1. The Morgan fingerprint density at radius 1 is 1.10 bits per heavy atom. The van der Waals surface area contributed by atoms with Gasteiger partial charge < -0.3 is 5.32 Å². The molecule has 0 unspecified atom stereocenters. The topological polar surface area (TPSA) is 29.1 Å². The third-order valence-corrected chi connectivity index (χ3v) is 4.52. The van der Waals surface area contributed by atoms with Crippen LogP contribution in [0.2, 0.25) is 5.02 Å². The van der Waals surface area contributed by atoms with Crippen LogP contribution >= 0.6 is 27.5 Å². The minimum Gasteiger partial charge on any atom is -0.325 e. The van der Waals surface area contributed by atoms with Crippen LogP contribution in [0.1, 0.15) is 22.3 Å². The summed E-state index contributed by atoms with van der Waals surface area (Å²) in [5.74, 6) is -0.0566. The second-order valence-electron chi connectivity index (χ2n) is 5.22. The zero-order chi connectivity index (χ0) is 15.6. The highest BCUT2D eigenvalue weighted by atomic mass is 79.9. The van der Waals surface area contributed by atoms with Crippen LogP contribution in [-0.4, -0.2) is 5.91 Å². The molecule has 0 aliphatic carbocycles. The molecule has 1 amide bonds. The fraction of sp³-hybridized carbons (Fsp3) is 0.235. The first-order valence-corrected chi connectivity index (χ1v) is 7.85. The smallest absolute Gasteiger partial charge is 0.228 e. The van der Waals surface area contributed by atoms with Gasteiger partial charge >= 0.3 is 0 Å². The van der Waals surface area contributed by atoms with Crippen molar-refractivity contribution in [2.24, 2.45) is 0 Å². The van der Waals surface area contributed by atoms with Crippen LogP contribution in [0, 0.1) is 20.8 Å². The Morgan fingerprint density at radius 3 is 2.48 bits per heavy atom. The molecule has 0 bridgehead atoms. The predicted octanol–water partition coefficient (Wildman–Crippen LogP) is 5.21. The van der Waals surface area contributed by atoms with Crippen molar-refractivity contribution in [3.05, 3.63) is 62.1 Å². The Morgan fingerprint density at radius 2 is 1.81 bits per heavy atom. The number of rotatable bonds is 3. The van der Waals surface area contributed by atoms with E-state index < -0.39 is 0 Å². The molecule has 2 nitrogen and oxygen atoms in total. The molecule has 0 heterocycles. The summed E-state index contributed by atoms with van der Waals surface area (Å²) < 4.78 is 0.831. The monoisotopic (exact) mass is 365 g/mol. The number of benzene rings is 2. The van der Waals surface area contributed by atoms with E-state index in [1.165, 1.54) is 11.1 Å². The maximum atomic E-state index is 12.2. The minimum atomic E-state index is -0.0566. The van der Waals surface area contributed by atoms with Gasteiger partial charge in [0.1, 0.15) is 0 Å². The van der Waals surface area contributed by atoms with Gasteiger partial charge in [-0.05, 0) is 71.1 Å². The van der Waals surface area contributed by atoms with Crippen molar-refractivity contribution in [1.82, 2.24) is 0 Å². The molecule has 0 radical (unpaired) electrons. The zero-order valence-corrected chi connectivity index (χ0v) is 14.6. The molecule has 2 aromatic rings. The maximum absolute atomic E-state index is 12.2. The average molecular weight is 367 g/mol. The molecule has 0 aliphatic rings. The highest BCUT2D eigenvalue weighted by molar-refractivity contribution is 9.10. The highest BCUT2D eigenvalue weighted by Gasteiger charge is 2.09. The first kappa shape index (κ1) is 16.1. The lowest BCUT2D eigenvalue weighted by atomic mass is 10.0. The van der Waals surface area contributed by atoms with E-state index in [0.29, 0.717) is 17.1 Å². The number of anilines is 1. The lowest BCUT2D eigenvalue weighted by molar-refractivity contribution is -0.115. The summed E-state index contributed by atoms with van der Waals surface area (Å²) in [5.41, 5.74) is 5.09. The molecule has 0 aliphatic heterocycles. The molecule has 0 spiro atoms. The van der Waals surface area contributed by atoms with Crippen molar-refractivity contribution < 1.29 is 4.79 Å². The summed E-state index contributed by atoms with van der Waals surface area (Å²) in [6, 6.07) is 9.73. The Bertz CT molecular complexity index is 697. The number of hydrogen-bond donors (Lipinski definition) is 1. The lowest BCUT2D eigenvalue weighted by Gasteiger charge is -2.10. The standard InChI is InChI=1S/C17H17BrClNO/c1-10-4-5-13(6-11(10)2)8-17(21)20-16-9-15(19)12(3)7-14(16)18/h4-7,9H,8H2,1-3H3,(H,20,21). The third-order valence-electron chi connectivity index (χ3n) is 3.46. The van der Waals surface area contributed by atoms with Gasteiger partial charge in [0.15, 0.2) is 0 Å². The molecule has 0 saturated heterocycles. The van der Waals surface area contributed by atoms with Crippen LogP contribution in [0.4, 0.5) is 5.69 Å². The maximum Gasteiger partial charge on any atom is 0.228 e. The number of nitrogens with one attached hydrogen (secondary N) is 1. The molecule has 0 aromatic heterocycles. The van der Waals surface area contributed by atoms with Crippen LogP contribution < -0.4 is 5.32 Å². The molecule has 0 saturated carbocycles. The summed E-state index contributed by atoms with van der Waals surface area (Å²) in [7, 11) is 0. The van der Waals surface area contributed by atoms with E-state index in [-0.39, 0.29) is 5.91 Å². The summed E-state index contributed by atoms with van der Waals surface area (Å²) in [4.78, 5) is 12.2. The molecular formula is C17H17BrClNO. The highest BCUT2D eigenvalue weighted by Crippen LogP contribution is 2.29. The van der Waals surface area contributed by atoms with Crippen LogP contribution in [0.15, 0.2) is 34.8 Å². The quantitative estimate of drug-likeness (QED) is 0.794. The van der Waals surface area contributed by atoms with Crippen molar-refractivity contribution in [3.63, 3.8) is 0 Å². The Balaban J connectivity index is 2.11. The molecule has 2 aromatic carbocycles. The van der Waals surface area contributed by atoms with E-state index in [4.69, 9.17) is 11.6 Å². The van der Waals surface area contributed by atoms with Gasteiger partial charge in [-0.15, -0.1) is 0 Å². The summed E-state index contributed by atoms with van der Waals surface area (Å²) in [6.45, 7) is 6.03. The van der Waals surface area contributed by atoms with Gasteiger partial charge in [-0.1, -0.05) is 29.8 Å². The Hall–Kier alpha value is -1.32. The molecule has 0 atom stereocenters. The van der Waals surface area contributed by atoms with E-state index in [1.54, 1.807) is 6.07 Å². The van der Waals surface area contributed by atoms with Crippen LogP contribution in [0.5, 0.6) is 0 Å². The van der Waals surface area contributed by atoms with Crippen molar-refractivity contribution in [3.8, 4) is 0 Å². The molecule has 0 fully saturated rings. The van der Waals surface area contributed by atoms with Crippen LogP contribution in [-0.2, 0) is 11.2 Å². The summed E-state index contributed by atoms with van der Waals surface area (Å²) in [5, 5.41) is 3.53. The predicted molar refractivity (Wildman–Crippen MR) is 92.1 cm³/mol. The summed E-state index contributed by atoms with van der Waals surface area (Å²) >= 11 is 9.54. The number of amides is 1. The lowest BCUT2D eigenvalue weighted by Crippen LogP contribution is -2.15. The first-order valence-electron chi connectivity index (χ1n) is 6.68. The molecule has 2 rings (SSSR count). The second-order valence-corrected chi connectivity index (χ2v) is 6.49. The fourth-order valence-corrected chi connectivity index (χ4v) is 2.76. The van der Waals surface area contributed by atoms with Crippen molar-refractivity contribution in [1.29, 1.82) is 0 Å².